The molecule has 0 atom stereocenters. The maximum absolute atomic E-state index is 4.57. The van der Waals surface area contributed by atoms with Gasteiger partial charge in [-0.1, -0.05) is 0 Å². The van der Waals surface area contributed by atoms with Gasteiger partial charge in [0.15, 0.2) is 5.13 Å². The Morgan fingerprint density at radius 3 is 2.68 bits per heavy atom. The Balaban J connectivity index is 1.52. The van der Waals surface area contributed by atoms with E-state index in [1.54, 1.807) is 6.33 Å². The van der Waals surface area contributed by atoms with Crippen LogP contribution in [0.3, 0.4) is 0 Å². The first kappa shape index (κ1) is 15.4. The van der Waals surface area contributed by atoms with Crippen LogP contribution >= 0.6 is 11.3 Å². The minimum absolute atomic E-state index is 0.506. The largest absolute Gasteiger partial charge is 0.349 e. The zero-order chi connectivity index (χ0) is 15.4. The van der Waals surface area contributed by atoms with Gasteiger partial charge in [-0.15, -0.1) is 11.3 Å². The molecule has 22 heavy (non-hydrogen) atoms. The van der Waals surface area contributed by atoms with E-state index in [-0.39, 0.29) is 0 Å². The van der Waals surface area contributed by atoms with Crippen molar-refractivity contribution in [3.63, 3.8) is 0 Å². The van der Waals surface area contributed by atoms with Gasteiger partial charge in [-0.3, -0.25) is 4.90 Å². The van der Waals surface area contributed by atoms with Crippen LogP contribution in [0, 0.1) is 0 Å². The Bertz CT molecular complexity index is 554. The van der Waals surface area contributed by atoms with Crippen molar-refractivity contribution in [1.29, 1.82) is 0 Å². The summed E-state index contributed by atoms with van der Waals surface area (Å²) in [6.45, 7) is 9.65. The number of nitrogens with zero attached hydrogens (tertiary/aromatic N) is 6. The van der Waals surface area contributed by atoms with Crippen LogP contribution in [-0.2, 0) is 6.54 Å². The normalized spacial score (nSPS) is 17.0. The SMILES string of the molecule is CCN(CC)c1ncc(CN2CCC(n3cncn3)CC2)s1. The molecule has 1 saturated heterocycles. The van der Waals surface area contributed by atoms with Gasteiger partial charge >= 0.3 is 0 Å². The van der Waals surface area contributed by atoms with Crippen LogP contribution in [-0.4, -0.2) is 50.8 Å². The molecule has 0 aliphatic carbocycles. The summed E-state index contributed by atoms with van der Waals surface area (Å²) in [5.41, 5.74) is 0. The summed E-state index contributed by atoms with van der Waals surface area (Å²) >= 11 is 1.83. The van der Waals surface area contributed by atoms with E-state index in [0.717, 1.165) is 50.7 Å². The first-order chi connectivity index (χ1) is 10.8. The number of hydrogen-bond acceptors (Lipinski definition) is 6. The van der Waals surface area contributed by atoms with Gasteiger partial charge in [0.2, 0.25) is 0 Å². The lowest BCUT2D eigenvalue weighted by atomic mass is 10.1. The molecule has 7 heteroatoms. The highest BCUT2D eigenvalue weighted by molar-refractivity contribution is 7.15. The van der Waals surface area contributed by atoms with Crippen molar-refractivity contribution in [2.75, 3.05) is 31.1 Å². The van der Waals surface area contributed by atoms with Crippen LogP contribution in [0.1, 0.15) is 37.6 Å². The Kier molecular flexibility index (Phi) is 5.04. The summed E-state index contributed by atoms with van der Waals surface area (Å²) in [6, 6.07) is 0.506. The number of piperidine rings is 1. The second kappa shape index (κ2) is 7.19. The lowest BCUT2D eigenvalue weighted by Crippen LogP contribution is -2.34. The van der Waals surface area contributed by atoms with Gasteiger partial charge < -0.3 is 4.90 Å². The Morgan fingerprint density at radius 1 is 1.27 bits per heavy atom. The average molecular weight is 320 g/mol. The summed E-state index contributed by atoms with van der Waals surface area (Å²) in [5.74, 6) is 0. The first-order valence-corrected chi connectivity index (χ1v) is 8.88. The fourth-order valence-electron chi connectivity index (χ4n) is 2.98. The highest BCUT2D eigenvalue weighted by Crippen LogP contribution is 2.26. The van der Waals surface area contributed by atoms with E-state index in [1.807, 2.05) is 28.5 Å². The third-order valence-corrected chi connectivity index (χ3v) is 5.37. The highest BCUT2D eigenvalue weighted by Gasteiger charge is 2.21. The van der Waals surface area contributed by atoms with Gasteiger partial charge in [0.25, 0.3) is 0 Å². The molecule has 2 aromatic rings. The van der Waals surface area contributed by atoms with Crippen molar-refractivity contribution < 1.29 is 0 Å². The van der Waals surface area contributed by atoms with Gasteiger partial charge in [0.1, 0.15) is 12.7 Å². The second-order valence-electron chi connectivity index (χ2n) is 5.66. The first-order valence-electron chi connectivity index (χ1n) is 8.06. The molecular weight excluding hydrogens is 296 g/mol. The van der Waals surface area contributed by atoms with Crippen molar-refractivity contribution in [3.8, 4) is 0 Å². The number of likely N-dealkylation sites (tertiary alicyclic amines) is 1. The number of rotatable bonds is 6. The lowest BCUT2D eigenvalue weighted by Gasteiger charge is -2.31. The van der Waals surface area contributed by atoms with Crippen molar-refractivity contribution >= 4 is 16.5 Å². The number of hydrogen-bond donors (Lipinski definition) is 0. The quantitative estimate of drug-likeness (QED) is 0.818. The van der Waals surface area contributed by atoms with Crippen LogP contribution in [0.2, 0.25) is 0 Å². The van der Waals surface area contributed by atoms with Gasteiger partial charge in [-0.05, 0) is 26.7 Å². The molecule has 0 aromatic carbocycles. The van der Waals surface area contributed by atoms with Gasteiger partial charge in [-0.25, -0.2) is 14.6 Å². The van der Waals surface area contributed by atoms with Crippen LogP contribution in [0.4, 0.5) is 5.13 Å². The fraction of sp³-hybridized carbons (Fsp3) is 0.667. The molecule has 6 nitrogen and oxygen atoms in total. The Morgan fingerprint density at radius 2 is 2.05 bits per heavy atom. The summed E-state index contributed by atoms with van der Waals surface area (Å²) in [7, 11) is 0. The summed E-state index contributed by atoms with van der Waals surface area (Å²) in [5, 5.41) is 5.41. The molecule has 0 bridgehead atoms. The van der Waals surface area contributed by atoms with E-state index in [1.165, 1.54) is 4.88 Å². The van der Waals surface area contributed by atoms with Gasteiger partial charge in [-0.2, -0.15) is 5.10 Å². The minimum Gasteiger partial charge on any atom is -0.349 e. The molecule has 3 rings (SSSR count). The third-order valence-electron chi connectivity index (χ3n) is 4.32. The van der Waals surface area contributed by atoms with Gasteiger partial charge in [0, 0.05) is 43.8 Å². The molecule has 0 saturated carbocycles. The van der Waals surface area contributed by atoms with Gasteiger partial charge in [0.05, 0.1) is 6.04 Å². The molecule has 3 heterocycles. The fourth-order valence-corrected chi connectivity index (χ4v) is 4.06. The number of aromatic nitrogens is 4. The molecule has 0 spiro atoms. The van der Waals surface area contributed by atoms with Crippen molar-refractivity contribution in [1.82, 2.24) is 24.6 Å². The summed E-state index contributed by atoms with van der Waals surface area (Å²) < 4.78 is 2.00. The van der Waals surface area contributed by atoms with E-state index in [2.05, 4.69) is 38.7 Å². The molecule has 0 amide bonds. The molecular formula is C15H24N6S. The van der Waals surface area contributed by atoms with Crippen LogP contribution in [0.15, 0.2) is 18.9 Å². The molecule has 120 valence electrons. The molecule has 0 N–H and O–H groups in total. The predicted octanol–water partition coefficient (Wildman–Crippen LogP) is 2.42. The maximum atomic E-state index is 4.57. The topological polar surface area (TPSA) is 50.1 Å². The van der Waals surface area contributed by atoms with E-state index < -0.39 is 0 Å². The molecule has 1 aliphatic rings. The zero-order valence-corrected chi connectivity index (χ0v) is 14.2. The van der Waals surface area contributed by atoms with E-state index in [0.29, 0.717) is 6.04 Å². The lowest BCUT2D eigenvalue weighted by molar-refractivity contribution is 0.174. The monoisotopic (exact) mass is 320 g/mol. The highest BCUT2D eigenvalue weighted by atomic mass is 32.1. The molecule has 1 aliphatic heterocycles. The van der Waals surface area contributed by atoms with Crippen molar-refractivity contribution in [2.45, 2.75) is 39.3 Å². The second-order valence-corrected chi connectivity index (χ2v) is 6.76. The van der Waals surface area contributed by atoms with E-state index in [4.69, 9.17) is 0 Å². The van der Waals surface area contributed by atoms with Crippen LogP contribution in [0.25, 0.3) is 0 Å². The van der Waals surface area contributed by atoms with Crippen LogP contribution in [0.5, 0.6) is 0 Å². The smallest absolute Gasteiger partial charge is 0.185 e. The standard InChI is InChI=1S/C15H24N6S/c1-3-20(4-2)15-17-9-14(22-15)10-19-7-5-13(6-8-19)21-12-16-11-18-21/h9,11-13H,3-8,10H2,1-2H3. The zero-order valence-electron chi connectivity index (χ0n) is 13.4. The maximum Gasteiger partial charge on any atom is 0.185 e. The molecule has 1 fully saturated rings. The molecule has 2 aromatic heterocycles. The Hall–Kier alpha value is -1.47. The average Bonchev–Trinajstić information content (AvgIpc) is 3.22. The summed E-state index contributed by atoms with van der Waals surface area (Å²) in [6.07, 6.45) is 7.79. The third kappa shape index (κ3) is 3.47. The summed E-state index contributed by atoms with van der Waals surface area (Å²) in [4.78, 5) is 14.8. The van der Waals surface area contributed by atoms with E-state index in [9.17, 15) is 0 Å². The Labute approximate surface area is 135 Å². The number of anilines is 1. The van der Waals surface area contributed by atoms with E-state index >= 15 is 0 Å². The molecule has 0 unspecified atom stereocenters. The van der Waals surface area contributed by atoms with Crippen molar-refractivity contribution in [2.24, 2.45) is 0 Å². The van der Waals surface area contributed by atoms with Crippen molar-refractivity contribution in [3.05, 3.63) is 23.7 Å². The molecule has 0 radical (unpaired) electrons. The van der Waals surface area contributed by atoms with Crippen LogP contribution < -0.4 is 4.90 Å². The number of thiazole rings is 1. The predicted molar refractivity (Wildman–Crippen MR) is 89.2 cm³/mol. The minimum atomic E-state index is 0.506.